The highest BCUT2D eigenvalue weighted by atomic mass is 16.5. The smallest absolute Gasteiger partial charge is 0.319 e. The normalized spacial score (nSPS) is 27.2. The van der Waals surface area contributed by atoms with Gasteiger partial charge >= 0.3 is 6.03 Å². The molecule has 0 aromatic rings. The largest absolute Gasteiger partial charge is 0.381 e. The van der Waals surface area contributed by atoms with Crippen molar-refractivity contribution >= 4 is 6.03 Å². The minimum absolute atomic E-state index is 0.0839. The van der Waals surface area contributed by atoms with Gasteiger partial charge < -0.3 is 24.0 Å². The molecule has 0 aromatic heterocycles. The van der Waals surface area contributed by atoms with Gasteiger partial charge in [-0.25, -0.2) is 4.79 Å². The number of carbonyl (C=O) groups is 1. The molecule has 3 aliphatic rings. The lowest BCUT2D eigenvalue weighted by Gasteiger charge is -2.50. The van der Waals surface area contributed by atoms with Gasteiger partial charge in [0, 0.05) is 47.1 Å². The molecule has 0 saturated carbocycles. The predicted molar refractivity (Wildman–Crippen MR) is 86.4 cm³/mol. The molecule has 3 rings (SSSR count). The third-order valence-electron chi connectivity index (χ3n) is 5.48. The molecular formula is C17H30N2O4. The van der Waals surface area contributed by atoms with E-state index in [0.717, 1.165) is 71.8 Å². The Morgan fingerprint density at radius 3 is 2.65 bits per heavy atom. The molecule has 2 amide bonds. The van der Waals surface area contributed by atoms with Crippen LogP contribution in [0.4, 0.5) is 4.79 Å². The summed E-state index contributed by atoms with van der Waals surface area (Å²) in [7, 11) is 3.59. The number of ether oxygens (including phenoxy) is 3. The number of nitrogens with zero attached hydrogens (tertiary/aromatic N) is 2. The first-order valence-electron chi connectivity index (χ1n) is 8.86. The molecule has 3 aliphatic heterocycles. The topological polar surface area (TPSA) is 51.2 Å². The molecule has 1 spiro atoms. The molecule has 3 saturated heterocycles. The van der Waals surface area contributed by atoms with Crippen LogP contribution in [0.25, 0.3) is 0 Å². The zero-order chi connectivity index (χ0) is 16.3. The van der Waals surface area contributed by atoms with Gasteiger partial charge in [0.05, 0.1) is 13.1 Å². The third kappa shape index (κ3) is 3.80. The quantitative estimate of drug-likeness (QED) is 0.720. The predicted octanol–water partition coefficient (Wildman–Crippen LogP) is 1.59. The summed E-state index contributed by atoms with van der Waals surface area (Å²) in [5.74, 6) is 1.18. The first kappa shape index (κ1) is 17.0. The van der Waals surface area contributed by atoms with Crippen LogP contribution in [0, 0.1) is 11.8 Å². The van der Waals surface area contributed by atoms with Gasteiger partial charge in [-0.05, 0) is 37.5 Å². The van der Waals surface area contributed by atoms with E-state index in [4.69, 9.17) is 14.2 Å². The van der Waals surface area contributed by atoms with Crippen molar-refractivity contribution in [3.63, 3.8) is 0 Å². The van der Waals surface area contributed by atoms with E-state index in [1.54, 1.807) is 19.0 Å². The average Bonchev–Trinajstić information content (AvgIpc) is 2.94. The number of likely N-dealkylation sites (tertiary alicyclic amines) is 1. The SMILES string of the molecule is CN(C)C(=O)N1CC2(C1)OCC[C@H]2CCOCC1CCOCC1. The number of amides is 2. The summed E-state index contributed by atoms with van der Waals surface area (Å²) in [5.41, 5.74) is -0.103. The van der Waals surface area contributed by atoms with Crippen LogP contribution in [0.5, 0.6) is 0 Å². The Balaban J connectivity index is 1.37. The van der Waals surface area contributed by atoms with E-state index in [1.165, 1.54) is 0 Å². The van der Waals surface area contributed by atoms with Crippen molar-refractivity contribution < 1.29 is 19.0 Å². The van der Waals surface area contributed by atoms with Gasteiger partial charge in [-0.3, -0.25) is 0 Å². The van der Waals surface area contributed by atoms with Crippen molar-refractivity contribution in [2.75, 3.05) is 60.2 Å². The van der Waals surface area contributed by atoms with Gasteiger partial charge in [-0.15, -0.1) is 0 Å². The maximum Gasteiger partial charge on any atom is 0.319 e. The summed E-state index contributed by atoms with van der Waals surface area (Å²) >= 11 is 0. The molecule has 0 bridgehead atoms. The van der Waals surface area contributed by atoms with Crippen LogP contribution < -0.4 is 0 Å². The fraction of sp³-hybridized carbons (Fsp3) is 0.941. The molecule has 6 heteroatoms. The van der Waals surface area contributed by atoms with Crippen molar-refractivity contribution in [1.29, 1.82) is 0 Å². The summed E-state index contributed by atoms with van der Waals surface area (Å²) in [5, 5.41) is 0. The van der Waals surface area contributed by atoms with E-state index in [2.05, 4.69) is 0 Å². The van der Waals surface area contributed by atoms with Gasteiger partial charge in [0.1, 0.15) is 5.60 Å². The van der Waals surface area contributed by atoms with Crippen LogP contribution in [0.15, 0.2) is 0 Å². The molecule has 0 radical (unpaired) electrons. The summed E-state index contributed by atoms with van der Waals surface area (Å²) < 4.78 is 17.3. The van der Waals surface area contributed by atoms with E-state index in [0.29, 0.717) is 11.8 Å². The van der Waals surface area contributed by atoms with E-state index in [9.17, 15) is 4.79 Å². The van der Waals surface area contributed by atoms with E-state index >= 15 is 0 Å². The van der Waals surface area contributed by atoms with Crippen molar-refractivity contribution in [2.45, 2.75) is 31.3 Å². The lowest BCUT2D eigenvalue weighted by Crippen LogP contribution is -2.67. The Hall–Kier alpha value is -0.850. The summed E-state index contributed by atoms with van der Waals surface area (Å²) in [6, 6.07) is 0.0839. The first-order chi connectivity index (χ1) is 11.1. The fourth-order valence-corrected chi connectivity index (χ4v) is 3.95. The second kappa shape index (κ2) is 7.36. The highest BCUT2D eigenvalue weighted by Gasteiger charge is 2.54. The Morgan fingerprint density at radius 2 is 1.96 bits per heavy atom. The van der Waals surface area contributed by atoms with E-state index in [1.807, 2.05) is 4.90 Å². The monoisotopic (exact) mass is 326 g/mol. The first-order valence-corrected chi connectivity index (χ1v) is 8.86. The standard InChI is InChI=1S/C17H30N2O4/c1-18(2)16(20)19-12-17(13-19)15(6-10-23-17)5-9-22-11-14-3-7-21-8-4-14/h14-15H,3-13H2,1-2H3/t15-/m1/s1. The molecule has 0 N–H and O–H groups in total. The van der Waals surface area contributed by atoms with Crippen LogP contribution in [0.2, 0.25) is 0 Å². The average molecular weight is 326 g/mol. The molecule has 0 unspecified atom stereocenters. The minimum Gasteiger partial charge on any atom is -0.381 e. The molecule has 23 heavy (non-hydrogen) atoms. The molecular weight excluding hydrogens is 296 g/mol. The number of hydrogen-bond acceptors (Lipinski definition) is 4. The van der Waals surface area contributed by atoms with Gasteiger partial charge in [0.15, 0.2) is 0 Å². The Morgan fingerprint density at radius 1 is 1.22 bits per heavy atom. The molecule has 0 aliphatic carbocycles. The second-order valence-corrected chi connectivity index (χ2v) is 7.35. The summed E-state index contributed by atoms with van der Waals surface area (Å²) in [4.78, 5) is 15.5. The number of rotatable bonds is 5. The maximum absolute atomic E-state index is 12.0. The zero-order valence-electron chi connectivity index (χ0n) is 14.5. The third-order valence-corrected chi connectivity index (χ3v) is 5.48. The molecule has 3 fully saturated rings. The van der Waals surface area contributed by atoms with Crippen LogP contribution in [0.3, 0.4) is 0 Å². The van der Waals surface area contributed by atoms with Crippen molar-refractivity contribution in [1.82, 2.24) is 9.80 Å². The second-order valence-electron chi connectivity index (χ2n) is 7.35. The van der Waals surface area contributed by atoms with Crippen molar-refractivity contribution in [3.8, 4) is 0 Å². The van der Waals surface area contributed by atoms with E-state index in [-0.39, 0.29) is 11.6 Å². The Kier molecular flexibility index (Phi) is 5.44. The molecule has 3 heterocycles. The van der Waals surface area contributed by atoms with Crippen LogP contribution in [0.1, 0.15) is 25.7 Å². The van der Waals surface area contributed by atoms with Gasteiger partial charge in [-0.2, -0.15) is 0 Å². The maximum atomic E-state index is 12.0. The van der Waals surface area contributed by atoms with E-state index < -0.39 is 0 Å². The number of hydrogen-bond donors (Lipinski definition) is 0. The molecule has 6 nitrogen and oxygen atoms in total. The number of carbonyl (C=O) groups excluding carboxylic acids is 1. The van der Waals surface area contributed by atoms with Crippen LogP contribution in [-0.4, -0.2) is 81.7 Å². The van der Waals surface area contributed by atoms with Crippen LogP contribution >= 0.6 is 0 Å². The van der Waals surface area contributed by atoms with Crippen molar-refractivity contribution in [3.05, 3.63) is 0 Å². The van der Waals surface area contributed by atoms with Crippen LogP contribution in [-0.2, 0) is 14.2 Å². The minimum atomic E-state index is -0.103. The summed E-state index contributed by atoms with van der Waals surface area (Å²) in [6.45, 7) is 5.69. The summed E-state index contributed by atoms with van der Waals surface area (Å²) in [6.07, 6.45) is 4.37. The Labute approximate surface area is 139 Å². The fourth-order valence-electron chi connectivity index (χ4n) is 3.95. The van der Waals surface area contributed by atoms with Gasteiger partial charge in [0.2, 0.25) is 0 Å². The number of urea groups is 1. The molecule has 0 aromatic carbocycles. The molecule has 132 valence electrons. The Bertz CT molecular complexity index is 403. The lowest BCUT2D eigenvalue weighted by molar-refractivity contribution is -0.121. The van der Waals surface area contributed by atoms with Gasteiger partial charge in [0.25, 0.3) is 0 Å². The van der Waals surface area contributed by atoms with Crippen molar-refractivity contribution in [2.24, 2.45) is 11.8 Å². The zero-order valence-corrected chi connectivity index (χ0v) is 14.5. The van der Waals surface area contributed by atoms with Gasteiger partial charge in [-0.1, -0.05) is 0 Å². The highest BCUT2D eigenvalue weighted by molar-refractivity contribution is 5.75. The lowest BCUT2D eigenvalue weighted by atomic mass is 9.79. The highest BCUT2D eigenvalue weighted by Crippen LogP contribution is 2.41. The molecule has 1 atom stereocenters.